The molecule has 2 heterocycles. The highest BCUT2D eigenvalue weighted by Crippen LogP contribution is 2.23. The van der Waals surface area contributed by atoms with Gasteiger partial charge in [0.05, 0.1) is 18.1 Å². The second kappa shape index (κ2) is 8.03. The van der Waals surface area contributed by atoms with Crippen LogP contribution in [0.4, 0.5) is 5.82 Å². The SMILES string of the molecule is CSc1nc(NCC(C)C)c2cnn(CCNC(=O)C(C)(C)C)c2n1. The third kappa shape index (κ3) is 5.07. The number of anilines is 1. The fraction of sp³-hybridized carbons (Fsp3) is 0.647. The van der Waals surface area contributed by atoms with Crippen LogP contribution < -0.4 is 10.6 Å². The van der Waals surface area contributed by atoms with Crippen LogP contribution in [0.25, 0.3) is 11.0 Å². The van der Waals surface area contributed by atoms with Crippen molar-refractivity contribution >= 4 is 34.5 Å². The standard InChI is InChI=1S/C17H28N6OS/c1-11(2)9-19-13-12-10-20-23(14(12)22-16(21-13)25-6)8-7-18-15(24)17(3,4)5/h10-11H,7-9H2,1-6H3,(H,18,24)(H,19,21,22). The van der Waals surface area contributed by atoms with Crippen LogP contribution in [0, 0.1) is 11.3 Å². The number of nitrogens with one attached hydrogen (secondary N) is 2. The molecule has 0 saturated carbocycles. The highest BCUT2D eigenvalue weighted by atomic mass is 32.2. The van der Waals surface area contributed by atoms with E-state index in [-0.39, 0.29) is 5.91 Å². The molecule has 0 bridgehead atoms. The molecule has 0 radical (unpaired) electrons. The van der Waals surface area contributed by atoms with Crippen molar-refractivity contribution in [3.8, 4) is 0 Å². The Hall–Kier alpha value is -1.83. The van der Waals surface area contributed by atoms with Gasteiger partial charge in [0.1, 0.15) is 5.82 Å². The van der Waals surface area contributed by atoms with Crippen LogP contribution in [0.5, 0.6) is 0 Å². The minimum atomic E-state index is -0.395. The summed E-state index contributed by atoms with van der Waals surface area (Å²) in [5.74, 6) is 1.36. The maximum Gasteiger partial charge on any atom is 0.225 e. The lowest BCUT2D eigenvalue weighted by Crippen LogP contribution is -2.36. The first kappa shape index (κ1) is 19.5. The van der Waals surface area contributed by atoms with Crippen molar-refractivity contribution in [2.75, 3.05) is 24.7 Å². The molecule has 0 fully saturated rings. The largest absolute Gasteiger partial charge is 0.369 e. The monoisotopic (exact) mass is 364 g/mol. The predicted molar refractivity (Wildman–Crippen MR) is 103 cm³/mol. The Kier molecular flexibility index (Phi) is 6.26. The van der Waals surface area contributed by atoms with Crippen LogP contribution in [0.2, 0.25) is 0 Å². The van der Waals surface area contributed by atoms with E-state index < -0.39 is 5.41 Å². The smallest absolute Gasteiger partial charge is 0.225 e. The van der Waals surface area contributed by atoms with Gasteiger partial charge >= 0.3 is 0 Å². The molecule has 2 rings (SSSR count). The van der Waals surface area contributed by atoms with E-state index in [1.165, 1.54) is 11.8 Å². The number of carbonyl (C=O) groups excluding carboxylic acids is 1. The summed E-state index contributed by atoms with van der Waals surface area (Å²) in [6, 6.07) is 0. The van der Waals surface area contributed by atoms with Crippen molar-refractivity contribution in [3.63, 3.8) is 0 Å². The highest BCUT2D eigenvalue weighted by molar-refractivity contribution is 7.98. The van der Waals surface area contributed by atoms with Gasteiger partial charge in [-0.2, -0.15) is 5.10 Å². The van der Waals surface area contributed by atoms with E-state index in [2.05, 4.69) is 39.5 Å². The van der Waals surface area contributed by atoms with E-state index >= 15 is 0 Å². The second-order valence-corrected chi connectivity index (χ2v) is 8.22. The van der Waals surface area contributed by atoms with Crippen molar-refractivity contribution in [2.45, 2.75) is 46.3 Å². The molecule has 0 saturated heterocycles. The Morgan fingerprint density at radius 3 is 2.64 bits per heavy atom. The van der Waals surface area contributed by atoms with Crippen molar-refractivity contribution in [1.82, 2.24) is 25.1 Å². The number of amides is 1. The topological polar surface area (TPSA) is 84.7 Å². The van der Waals surface area contributed by atoms with Gasteiger partial charge in [-0.05, 0) is 12.2 Å². The quantitative estimate of drug-likeness (QED) is 0.580. The van der Waals surface area contributed by atoms with E-state index in [9.17, 15) is 4.79 Å². The van der Waals surface area contributed by atoms with Crippen LogP contribution >= 0.6 is 11.8 Å². The second-order valence-electron chi connectivity index (χ2n) is 7.44. The number of hydrogen-bond acceptors (Lipinski definition) is 6. The molecule has 7 nitrogen and oxygen atoms in total. The van der Waals surface area contributed by atoms with Gasteiger partial charge in [-0.3, -0.25) is 4.79 Å². The summed E-state index contributed by atoms with van der Waals surface area (Å²) in [5.41, 5.74) is 0.393. The van der Waals surface area contributed by atoms with Crippen LogP contribution in [0.3, 0.4) is 0 Å². The molecule has 0 spiro atoms. The van der Waals surface area contributed by atoms with Crippen molar-refractivity contribution in [2.24, 2.45) is 11.3 Å². The van der Waals surface area contributed by atoms with Crippen LogP contribution in [0.1, 0.15) is 34.6 Å². The molecule has 8 heteroatoms. The summed E-state index contributed by atoms with van der Waals surface area (Å²) >= 11 is 1.50. The Bertz CT molecular complexity index is 735. The van der Waals surface area contributed by atoms with Gasteiger partial charge in [-0.25, -0.2) is 14.6 Å². The van der Waals surface area contributed by atoms with Crippen molar-refractivity contribution < 1.29 is 4.79 Å². The number of fused-ring (bicyclic) bond motifs is 1. The van der Waals surface area contributed by atoms with Crippen LogP contribution in [-0.2, 0) is 11.3 Å². The Balaban J connectivity index is 2.18. The van der Waals surface area contributed by atoms with E-state index in [4.69, 9.17) is 0 Å². The molecule has 0 atom stereocenters. The average Bonchev–Trinajstić information content (AvgIpc) is 2.94. The molecule has 138 valence electrons. The summed E-state index contributed by atoms with van der Waals surface area (Å²) in [6.45, 7) is 11.9. The molecule has 0 aliphatic rings. The molecular weight excluding hydrogens is 336 g/mol. The summed E-state index contributed by atoms with van der Waals surface area (Å²) in [7, 11) is 0. The van der Waals surface area contributed by atoms with Crippen molar-refractivity contribution in [3.05, 3.63) is 6.20 Å². The molecule has 0 unspecified atom stereocenters. The minimum absolute atomic E-state index is 0.0303. The Morgan fingerprint density at radius 1 is 1.32 bits per heavy atom. The Morgan fingerprint density at radius 2 is 2.04 bits per heavy atom. The van der Waals surface area contributed by atoms with Gasteiger partial charge in [0, 0.05) is 18.5 Å². The lowest BCUT2D eigenvalue weighted by atomic mass is 9.96. The lowest BCUT2D eigenvalue weighted by Gasteiger charge is -2.17. The van der Waals surface area contributed by atoms with Gasteiger partial charge in [-0.15, -0.1) is 0 Å². The van der Waals surface area contributed by atoms with Gasteiger partial charge in [0.25, 0.3) is 0 Å². The zero-order valence-corrected chi connectivity index (χ0v) is 16.7. The van der Waals surface area contributed by atoms with Crippen LogP contribution in [0.15, 0.2) is 11.4 Å². The molecule has 0 aliphatic carbocycles. The molecule has 2 aromatic rings. The molecule has 0 aliphatic heterocycles. The van der Waals surface area contributed by atoms with Crippen LogP contribution in [-0.4, -0.2) is 45.0 Å². The number of aromatic nitrogens is 4. The summed E-state index contributed by atoms with van der Waals surface area (Å²) in [5, 5.41) is 12.4. The third-order valence-electron chi connectivity index (χ3n) is 3.63. The number of rotatable bonds is 7. The predicted octanol–water partition coefficient (Wildman–Crippen LogP) is 2.78. The first-order valence-electron chi connectivity index (χ1n) is 8.52. The van der Waals surface area contributed by atoms with E-state index in [0.717, 1.165) is 23.4 Å². The van der Waals surface area contributed by atoms with Gasteiger partial charge in [-0.1, -0.05) is 46.4 Å². The van der Waals surface area contributed by atoms with E-state index in [0.29, 0.717) is 24.2 Å². The average molecular weight is 365 g/mol. The number of carbonyl (C=O) groups is 1. The van der Waals surface area contributed by atoms with Gasteiger partial charge in [0.2, 0.25) is 5.91 Å². The minimum Gasteiger partial charge on any atom is -0.369 e. The van der Waals surface area contributed by atoms with Gasteiger partial charge in [0.15, 0.2) is 10.8 Å². The number of hydrogen-bond donors (Lipinski definition) is 2. The van der Waals surface area contributed by atoms with Gasteiger partial charge < -0.3 is 10.6 Å². The summed E-state index contributed by atoms with van der Waals surface area (Å²) in [6.07, 6.45) is 3.74. The summed E-state index contributed by atoms with van der Waals surface area (Å²) < 4.78 is 1.82. The molecular formula is C17H28N6OS. The lowest BCUT2D eigenvalue weighted by molar-refractivity contribution is -0.128. The van der Waals surface area contributed by atoms with E-state index in [1.54, 1.807) is 6.20 Å². The fourth-order valence-corrected chi connectivity index (χ4v) is 2.53. The Labute approximate surface area is 153 Å². The third-order valence-corrected chi connectivity index (χ3v) is 4.17. The number of thioether (sulfide) groups is 1. The fourth-order valence-electron chi connectivity index (χ4n) is 2.17. The summed E-state index contributed by atoms with van der Waals surface area (Å²) in [4.78, 5) is 21.1. The zero-order chi connectivity index (χ0) is 18.6. The highest BCUT2D eigenvalue weighted by Gasteiger charge is 2.20. The normalized spacial score (nSPS) is 12.0. The molecule has 0 aromatic carbocycles. The molecule has 25 heavy (non-hydrogen) atoms. The van der Waals surface area contributed by atoms with Crippen molar-refractivity contribution in [1.29, 1.82) is 0 Å². The molecule has 1 amide bonds. The molecule has 2 aromatic heterocycles. The number of nitrogens with zero attached hydrogens (tertiary/aromatic N) is 4. The molecule has 2 N–H and O–H groups in total. The zero-order valence-electron chi connectivity index (χ0n) is 15.9. The maximum atomic E-state index is 12.0. The van der Waals surface area contributed by atoms with E-state index in [1.807, 2.05) is 31.7 Å². The first-order chi connectivity index (χ1) is 11.7. The maximum absolute atomic E-state index is 12.0. The first-order valence-corrected chi connectivity index (χ1v) is 9.74.